The first kappa shape index (κ1) is 13.8. The van der Waals surface area contributed by atoms with E-state index in [-0.39, 0.29) is 13.4 Å². The molecule has 1 N–H and O–H groups in total. The topological polar surface area (TPSA) is 47.9 Å². The van der Waals surface area contributed by atoms with Gasteiger partial charge in [0.2, 0.25) is 6.79 Å². The van der Waals surface area contributed by atoms with Crippen LogP contribution in [0.3, 0.4) is 0 Å². The minimum absolute atomic E-state index is 0.0985. The van der Waals surface area contributed by atoms with Crippen molar-refractivity contribution >= 4 is 0 Å². The molecule has 4 nitrogen and oxygen atoms in total. The van der Waals surface area contributed by atoms with Crippen LogP contribution in [0, 0.1) is 13.8 Å². The first-order valence-corrected chi connectivity index (χ1v) is 6.90. The summed E-state index contributed by atoms with van der Waals surface area (Å²) >= 11 is 0. The van der Waals surface area contributed by atoms with Crippen molar-refractivity contribution in [1.29, 1.82) is 0 Å². The summed E-state index contributed by atoms with van der Waals surface area (Å²) in [6.45, 7) is 4.71. The quantitative estimate of drug-likeness (QED) is 0.938. The molecule has 0 saturated carbocycles. The van der Waals surface area contributed by atoms with Crippen molar-refractivity contribution in [2.75, 3.05) is 6.79 Å². The lowest BCUT2D eigenvalue weighted by Crippen LogP contribution is -2.02. The molecule has 1 aliphatic heterocycles. The third-order valence-corrected chi connectivity index (χ3v) is 3.74. The van der Waals surface area contributed by atoms with Gasteiger partial charge in [0.1, 0.15) is 12.4 Å². The van der Waals surface area contributed by atoms with E-state index in [0.29, 0.717) is 29.4 Å². The van der Waals surface area contributed by atoms with Gasteiger partial charge in [-0.1, -0.05) is 18.2 Å². The van der Waals surface area contributed by atoms with E-state index >= 15 is 0 Å². The van der Waals surface area contributed by atoms with Gasteiger partial charge in [-0.05, 0) is 36.6 Å². The van der Waals surface area contributed by atoms with E-state index in [1.807, 2.05) is 6.07 Å². The van der Waals surface area contributed by atoms with Gasteiger partial charge in [0, 0.05) is 11.6 Å². The minimum atomic E-state index is -0.0985. The number of rotatable bonds is 4. The van der Waals surface area contributed by atoms with E-state index in [0.717, 1.165) is 0 Å². The lowest BCUT2D eigenvalue weighted by molar-refractivity contribution is 0.173. The Balaban J connectivity index is 1.85. The van der Waals surface area contributed by atoms with Crippen LogP contribution in [0.2, 0.25) is 0 Å². The normalized spacial score (nSPS) is 12.5. The number of ether oxygens (including phenoxy) is 3. The maximum atomic E-state index is 9.48. The molecule has 1 heterocycles. The van der Waals surface area contributed by atoms with Crippen LogP contribution in [0.15, 0.2) is 30.3 Å². The average molecular weight is 286 g/mol. The van der Waals surface area contributed by atoms with Gasteiger partial charge < -0.3 is 19.3 Å². The highest BCUT2D eigenvalue weighted by Gasteiger charge is 2.18. The summed E-state index contributed by atoms with van der Waals surface area (Å²) in [7, 11) is 0. The Labute approximate surface area is 123 Å². The lowest BCUT2D eigenvalue weighted by atomic mass is 10.0. The maximum Gasteiger partial charge on any atom is 0.231 e. The third-order valence-electron chi connectivity index (χ3n) is 3.74. The predicted octanol–water partition coefficient (Wildman–Crippen LogP) is 3.10. The molecule has 0 saturated heterocycles. The van der Waals surface area contributed by atoms with Crippen molar-refractivity contribution in [2.45, 2.75) is 27.1 Å². The molecule has 3 rings (SSSR count). The van der Waals surface area contributed by atoms with E-state index in [9.17, 15) is 5.11 Å². The zero-order valence-corrected chi connectivity index (χ0v) is 12.2. The number of fused-ring (bicyclic) bond motifs is 1. The van der Waals surface area contributed by atoms with Crippen molar-refractivity contribution in [2.24, 2.45) is 0 Å². The van der Waals surface area contributed by atoms with Crippen LogP contribution in [0.5, 0.6) is 17.2 Å². The number of benzene rings is 2. The number of aryl methyl sites for hydroxylation is 2. The molecule has 0 aromatic heterocycles. The third kappa shape index (κ3) is 2.67. The van der Waals surface area contributed by atoms with E-state index in [1.54, 1.807) is 12.1 Å². The van der Waals surface area contributed by atoms with Crippen molar-refractivity contribution in [3.8, 4) is 17.2 Å². The average Bonchev–Trinajstić information content (AvgIpc) is 2.93. The van der Waals surface area contributed by atoms with Crippen molar-refractivity contribution in [3.05, 3.63) is 52.6 Å². The Bertz CT molecular complexity index is 644. The SMILES string of the molecule is Cc1cccc(C)c1COc1cc2c(cc1CO)OCO2. The van der Waals surface area contributed by atoms with Crippen LogP contribution in [0.25, 0.3) is 0 Å². The summed E-state index contributed by atoms with van der Waals surface area (Å²) in [4.78, 5) is 0. The number of aliphatic hydroxyl groups is 1. The van der Waals surface area contributed by atoms with Crippen LogP contribution in [0.1, 0.15) is 22.3 Å². The van der Waals surface area contributed by atoms with Crippen LogP contribution < -0.4 is 14.2 Å². The van der Waals surface area contributed by atoms with Gasteiger partial charge in [-0.15, -0.1) is 0 Å². The van der Waals surface area contributed by atoms with Crippen molar-refractivity contribution in [3.63, 3.8) is 0 Å². The van der Waals surface area contributed by atoms with Gasteiger partial charge >= 0.3 is 0 Å². The largest absolute Gasteiger partial charge is 0.488 e. The smallest absolute Gasteiger partial charge is 0.231 e. The van der Waals surface area contributed by atoms with E-state index in [1.165, 1.54) is 16.7 Å². The molecule has 21 heavy (non-hydrogen) atoms. The molecule has 4 heteroatoms. The monoisotopic (exact) mass is 286 g/mol. The van der Waals surface area contributed by atoms with Crippen LogP contribution in [-0.4, -0.2) is 11.9 Å². The number of hydrogen-bond donors (Lipinski definition) is 1. The second-order valence-corrected chi connectivity index (χ2v) is 5.13. The van der Waals surface area contributed by atoms with Crippen LogP contribution in [0.4, 0.5) is 0 Å². The van der Waals surface area contributed by atoms with Gasteiger partial charge in [-0.3, -0.25) is 0 Å². The van der Waals surface area contributed by atoms with Gasteiger partial charge in [0.25, 0.3) is 0 Å². The molecular formula is C17H18O4. The second-order valence-electron chi connectivity index (χ2n) is 5.13. The van der Waals surface area contributed by atoms with E-state index in [2.05, 4.69) is 26.0 Å². The molecule has 1 aliphatic rings. The maximum absolute atomic E-state index is 9.48. The highest BCUT2D eigenvalue weighted by atomic mass is 16.7. The zero-order chi connectivity index (χ0) is 14.8. The summed E-state index contributed by atoms with van der Waals surface area (Å²) in [6.07, 6.45) is 0. The van der Waals surface area contributed by atoms with E-state index < -0.39 is 0 Å². The summed E-state index contributed by atoms with van der Waals surface area (Å²) in [5, 5.41) is 9.48. The molecule has 0 radical (unpaired) electrons. The number of aliphatic hydroxyl groups excluding tert-OH is 1. The molecule has 2 aromatic carbocycles. The molecule has 0 atom stereocenters. The van der Waals surface area contributed by atoms with Gasteiger partial charge in [0.05, 0.1) is 6.61 Å². The highest BCUT2D eigenvalue weighted by Crippen LogP contribution is 2.38. The molecule has 0 aliphatic carbocycles. The molecule has 0 bridgehead atoms. The molecule has 0 spiro atoms. The Kier molecular flexibility index (Phi) is 3.71. The van der Waals surface area contributed by atoms with Crippen LogP contribution in [-0.2, 0) is 13.2 Å². The molecule has 0 fully saturated rings. The Hall–Kier alpha value is -2.20. The second kappa shape index (κ2) is 5.66. The first-order chi connectivity index (χ1) is 10.2. The summed E-state index contributed by atoms with van der Waals surface area (Å²) < 4.78 is 16.6. The summed E-state index contributed by atoms with van der Waals surface area (Å²) in [5.41, 5.74) is 4.26. The molecule has 2 aromatic rings. The van der Waals surface area contributed by atoms with Gasteiger partial charge in [-0.2, -0.15) is 0 Å². The minimum Gasteiger partial charge on any atom is -0.488 e. The molecular weight excluding hydrogens is 268 g/mol. The lowest BCUT2D eigenvalue weighted by Gasteiger charge is -2.14. The fraction of sp³-hybridized carbons (Fsp3) is 0.294. The van der Waals surface area contributed by atoms with Gasteiger partial charge in [0.15, 0.2) is 11.5 Å². The molecule has 0 amide bonds. The van der Waals surface area contributed by atoms with E-state index in [4.69, 9.17) is 14.2 Å². The standard InChI is InChI=1S/C17H18O4/c1-11-4-3-5-12(2)14(11)9-19-15-7-17-16(20-10-21-17)6-13(15)8-18/h3-7,18H,8-10H2,1-2H3. The summed E-state index contributed by atoms with van der Waals surface area (Å²) in [5.74, 6) is 1.94. The zero-order valence-electron chi connectivity index (χ0n) is 12.2. The predicted molar refractivity (Wildman–Crippen MR) is 78.7 cm³/mol. The Morgan fingerprint density at radius 3 is 2.43 bits per heavy atom. The Morgan fingerprint density at radius 1 is 1.10 bits per heavy atom. The van der Waals surface area contributed by atoms with Gasteiger partial charge in [-0.25, -0.2) is 0 Å². The Morgan fingerprint density at radius 2 is 1.76 bits per heavy atom. The molecule has 110 valence electrons. The highest BCUT2D eigenvalue weighted by molar-refractivity contribution is 5.51. The molecule has 0 unspecified atom stereocenters. The summed E-state index contributed by atoms with van der Waals surface area (Å²) in [6, 6.07) is 9.72. The van der Waals surface area contributed by atoms with Crippen molar-refractivity contribution < 1.29 is 19.3 Å². The fourth-order valence-electron chi connectivity index (χ4n) is 2.45. The number of hydrogen-bond acceptors (Lipinski definition) is 4. The van der Waals surface area contributed by atoms with Crippen LogP contribution >= 0.6 is 0 Å². The first-order valence-electron chi connectivity index (χ1n) is 6.90. The van der Waals surface area contributed by atoms with Crippen molar-refractivity contribution in [1.82, 2.24) is 0 Å². The fourth-order valence-corrected chi connectivity index (χ4v) is 2.45.